The van der Waals surface area contributed by atoms with E-state index >= 15 is 0 Å². The molecule has 0 saturated heterocycles. The Bertz CT molecular complexity index is 525. The summed E-state index contributed by atoms with van der Waals surface area (Å²) in [6.45, 7) is 2.33. The molecule has 4 nitrogen and oxygen atoms in total. The molecule has 3 saturated carbocycles. The minimum absolute atomic E-state index is 0.0361. The fourth-order valence-electron chi connectivity index (χ4n) is 7.11. The maximum Gasteiger partial charge on any atom is 0.309 e. The first-order chi connectivity index (χ1) is 14.1. The minimum Gasteiger partial charge on any atom is -0.469 e. The summed E-state index contributed by atoms with van der Waals surface area (Å²) >= 11 is 0. The zero-order valence-corrected chi connectivity index (χ0v) is 18.8. The smallest absolute Gasteiger partial charge is 0.309 e. The summed E-state index contributed by atoms with van der Waals surface area (Å²) < 4.78 is 11.1. The van der Waals surface area contributed by atoms with E-state index in [0.717, 1.165) is 51.4 Å². The molecule has 29 heavy (non-hydrogen) atoms. The predicted molar refractivity (Wildman–Crippen MR) is 114 cm³/mol. The molecule has 0 aromatic heterocycles. The van der Waals surface area contributed by atoms with E-state index < -0.39 is 0 Å². The Morgan fingerprint density at radius 2 is 1.21 bits per heavy atom. The molecule has 0 radical (unpaired) electrons. The number of methoxy groups -OCH3 is 1. The first-order valence-electron chi connectivity index (χ1n) is 12.4. The Balaban J connectivity index is 2.03. The zero-order valence-electron chi connectivity index (χ0n) is 18.8. The molecule has 0 N–H and O–H groups in total. The second kappa shape index (κ2) is 10.8. The van der Waals surface area contributed by atoms with E-state index in [1.165, 1.54) is 52.1 Å². The van der Waals surface area contributed by atoms with Crippen molar-refractivity contribution in [1.82, 2.24) is 0 Å². The van der Waals surface area contributed by atoms with Crippen LogP contribution in [0, 0.1) is 29.1 Å². The number of esters is 2. The highest BCUT2D eigenvalue weighted by Crippen LogP contribution is 2.57. The van der Waals surface area contributed by atoms with Crippen molar-refractivity contribution in [3.63, 3.8) is 0 Å². The van der Waals surface area contributed by atoms with Crippen molar-refractivity contribution in [1.29, 1.82) is 0 Å². The number of ether oxygens (including phenoxy) is 2. The van der Waals surface area contributed by atoms with E-state index in [4.69, 9.17) is 9.47 Å². The average Bonchev–Trinajstić information content (AvgIpc) is 2.76. The van der Waals surface area contributed by atoms with Crippen LogP contribution in [0.25, 0.3) is 0 Å². The molecule has 0 heterocycles. The van der Waals surface area contributed by atoms with Crippen molar-refractivity contribution >= 4 is 11.9 Å². The second-order valence-electron chi connectivity index (χ2n) is 9.82. The van der Waals surface area contributed by atoms with Crippen molar-refractivity contribution in [2.45, 2.75) is 103 Å². The zero-order chi connectivity index (χ0) is 20.7. The Morgan fingerprint density at radius 3 is 1.66 bits per heavy atom. The van der Waals surface area contributed by atoms with Gasteiger partial charge in [0.2, 0.25) is 0 Å². The van der Waals surface area contributed by atoms with Crippen LogP contribution in [0.5, 0.6) is 0 Å². The molecule has 2 atom stereocenters. The van der Waals surface area contributed by atoms with Gasteiger partial charge in [0, 0.05) is 0 Å². The molecule has 3 rings (SSSR count). The lowest BCUT2D eigenvalue weighted by molar-refractivity contribution is -0.174. The van der Waals surface area contributed by atoms with Crippen LogP contribution in [-0.2, 0) is 19.1 Å². The van der Waals surface area contributed by atoms with Gasteiger partial charge in [0.05, 0.1) is 25.6 Å². The molecule has 0 aromatic rings. The predicted octanol–water partition coefficient (Wildman–Crippen LogP) is 6.07. The molecular formula is C25H42O4. The molecule has 0 spiro atoms. The highest BCUT2D eigenvalue weighted by molar-refractivity contribution is 5.78. The summed E-state index contributed by atoms with van der Waals surface area (Å²) in [6, 6.07) is 0. The van der Waals surface area contributed by atoms with E-state index in [2.05, 4.69) is 0 Å². The van der Waals surface area contributed by atoms with Crippen molar-refractivity contribution in [3.8, 4) is 0 Å². The van der Waals surface area contributed by atoms with Crippen LogP contribution in [0.2, 0.25) is 0 Å². The van der Waals surface area contributed by atoms with Gasteiger partial charge in [0.15, 0.2) is 0 Å². The van der Waals surface area contributed by atoms with Gasteiger partial charge in [-0.1, -0.05) is 57.8 Å². The molecule has 0 amide bonds. The summed E-state index contributed by atoms with van der Waals surface area (Å²) in [5.41, 5.74) is -0.276. The average molecular weight is 407 g/mol. The first-order valence-corrected chi connectivity index (χ1v) is 12.4. The summed E-state index contributed by atoms with van der Waals surface area (Å²) in [6.07, 6.45) is 17.1. The van der Waals surface area contributed by atoms with Gasteiger partial charge in [0.1, 0.15) is 0 Å². The number of carbonyl (C=O) groups is 2. The number of hydrogen-bond acceptors (Lipinski definition) is 4. The lowest BCUT2D eigenvalue weighted by atomic mass is 9.51. The molecular weight excluding hydrogens is 364 g/mol. The van der Waals surface area contributed by atoms with Gasteiger partial charge in [-0.15, -0.1) is 0 Å². The largest absolute Gasteiger partial charge is 0.469 e. The van der Waals surface area contributed by atoms with Gasteiger partial charge in [0.25, 0.3) is 0 Å². The monoisotopic (exact) mass is 406 g/mol. The third-order valence-electron chi connectivity index (χ3n) is 8.26. The lowest BCUT2D eigenvalue weighted by Gasteiger charge is -2.52. The van der Waals surface area contributed by atoms with Crippen LogP contribution < -0.4 is 0 Å². The van der Waals surface area contributed by atoms with Gasteiger partial charge < -0.3 is 9.47 Å². The van der Waals surface area contributed by atoms with Gasteiger partial charge in [-0.25, -0.2) is 0 Å². The Labute approximate surface area is 177 Å². The fourth-order valence-corrected chi connectivity index (χ4v) is 7.11. The first kappa shape index (κ1) is 22.6. The molecule has 0 aliphatic heterocycles. The van der Waals surface area contributed by atoms with Crippen LogP contribution >= 0.6 is 0 Å². The summed E-state index contributed by atoms with van der Waals surface area (Å²) in [7, 11) is 1.54. The topological polar surface area (TPSA) is 52.6 Å². The van der Waals surface area contributed by atoms with Gasteiger partial charge in [-0.2, -0.15) is 0 Å². The highest BCUT2D eigenvalue weighted by Gasteiger charge is 2.57. The van der Waals surface area contributed by atoms with Gasteiger partial charge in [-0.3, -0.25) is 9.59 Å². The summed E-state index contributed by atoms with van der Waals surface area (Å²) in [5, 5.41) is 0. The summed E-state index contributed by atoms with van der Waals surface area (Å²) in [5.74, 6) is 0.319. The van der Waals surface area contributed by atoms with Crippen LogP contribution in [0.4, 0.5) is 0 Å². The van der Waals surface area contributed by atoms with Crippen molar-refractivity contribution in [2.75, 3.05) is 13.7 Å². The van der Waals surface area contributed by atoms with Crippen molar-refractivity contribution < 1.29 is 19.1 Å². The maximum absolute atomic E-state index is 13.5. The standard InChI is InChI=1S/C25H42O4/c1-3-29-24(27)22(20-15-9-5-10-16-20)25(17-11-6-12-18-25)21(23(26)28-2)19-13-7-4-8-14-19/h19-22H,3-18H2,1-2H3. The molecule has 4 heteroatoms. The Hall–Kier alpha value is -1.06. The molecule has 2 unspecified atom stereocenters. The highest BCUT2D eigenvalue weighted by atomic mass is 16.5. The van der Waals surface area contributed by atoms with E-state index in [1.807, 2.05) is 6.92 Å². The molecule has 166 valence electrons. The molecule has 3 aliphatic carbocycles. The maximum atomic E-state index is 13.5. The SMILES string of the molecule is CCOC(=O)C(C1CCCCC1)C1(C(C(=O)OC)C2CCCCC2)CCCCC1. The van der Waals surface area contributed by atoms with Gasteiger partial charge >= 0.3 is 11.9 Å². The van der Waals surface area contributed by atoms with Crippen LogP contribution in [0.3, 0.4) is 0 Å². The Morgan fingerprint density at radius 1 is 0.759 bits per heavy atom. The number of rotatable bonds is 7. The quantitative estimate of drug-likeness (QED) is 0.482. The minimum atomic E-state index is -0.276. The number of hydrogen-bond donors (Lipinski definition) is 0. The third-order valence-corrected chi connectivity index (χ3v) is 8.26. The van der Waals surface area contributed by atoms with Gasteiger partial charge in [-0.05, 0) is 62.7 Å². The number of carbonyl (C=O) groups excluding carboxylic acids is 2. The van der Waals surface area contributed by atoms with Crippen LogP contribution in [0.1, 0.15) is 103 Å². The lowest BCUT2D eigenvalue weighted by Crippen LogP contribution is -2.53. The van der Waals surface area contributed by atoms with E-state index in [-0.39, 0.29) is 29.2 Å². The van der Waals surface area contributed by atoms with Crippen LogP contribution in [-0.4, -0.2) is 25.7 Å². The molecule has 3 fully saturated rings. The normalized spacial score (nSPS) is 25.7. The summed E-state index contributed by atoms with van der Waals surface area (Å²) in [4.78, 5) is 26.8. The van der Waals surface area contributed by atoms with Crippen molar-refractivity contribution in [2.24, 2.45) is 29.1 Å². The van der Waals surface area contributed by atoms with Crippen molar-refractivity contribution in [3.05, 3.63) is 0 Å². The third kappa shape index (κ3) is 4.99. The van der Waals surface area contributed by atoms with E-state index in [1.54, 1.807) is 0 Å². The van der Waals surface area contributed by atoms with Crippen LogP contribution in [0.15, 0.2) is 0 Å². The van der Waals surface area contributed by atoms with E-state index in [9.17, 15) is 9.59 Å². The molecule has 0 aromatic carbocycles. The molecule has 3 aliphatic rings. The fraction of sp³-hybridized carbons (Fsp3) is 0.920. The van der Waals surface area contributed by atoms with E-state index in [0.29, 0.717) is 18.4 Å². The molecule has 0 bridgehead atoms. The Kier molecular flexibility index (Phi) is 8.44. The second-order valence-corrected chi connectivity index (χ2v) is 9.82.